The van der Waals surface area contributed by atoms with Crippen molar-refractivity contribution in [2.75, 3.05) is 19.6 Å². The molecule has 0 saturated carbocycles. The third-order valence-corrected chi connectivity index (χ3v) is 4.41. The van der Waals surface area contributed by atoms with Crippen molar-refractivity contribution in [3.8, 4) is 0 Å². The maximum atomic E-state index is 12.3. The van der Waals surface area contributed by atoms with Crippen molar-refractivity contribution in [3.05, 3.63) is 34.9 Å². The predicted molar refractivity (Wildman–Crippen MR) is 87.7 cm³/mol. The van der Waals surface area contributed by atoms with E-state index in [0.29, 0.717) is 12.6 Å². The summed E-state index contributed by atoms with van der Waals surface area (Å²) in [7, 11) is 0. The molecule has 0 bridgehead atoms. The van der Waals surface area contributed by atoms with Crippen LogP contribution in [-0.2, 0) is 11.2 Å². The van der Waals surface area contributed by atoms with Crippen LogP contribution in [-0.4, -0.2) is 36.5 Å². The maximum Gasteiger partial charge on any atom is 0.236 e. The monoisotopic (exact) mass is 308 g/mol. The van der Waals surface area contributed by atoms with Crippen LogP contribution in [0.5, 0.6) is 0 Å². The van der Waals surface area contributed by atoms with Crippen molar-refractivity contribution in [1.29, 1.82) is 0 Å². The van der Waals surface area contributed by atoms with Crippen LogP contribution in [0, 0.1) is 0 Å². The third-order valence-electron chi connectivity index (χ3n) is 4.17. The quantitative estimate of drug-likeness (QED) is 0.818. The van der Waals surface area contributed by atoms with E-state index >= 15 is 0 Å². The Bertz CT molecular complexity index is 464. The van der Waals surface area contributed by atoms with Gasteiger partial charge in [0.05, 0.1) is 6.54 Å². The molecule has 0 spiro atoms. The number of piperidine rings is 1. The summed E-state index contributed by atoms with van der Waals surface area (Å²) in [6.07, 6.45) is 5.51. The van der Waals surface area contributed by atoms with Gasteiger partial charge in [-0.2, -0.15) is 0 Å². The molecule has 1 aromatic carbocycles. The van der Waals surface area contributed by atoms with E-state index < -0.39 is 0 Å². The van der Waals surface area contributed by atoms with Gasteiger partial charge in [-0.05, 0) is 56.3 Å². The van der Waals surface area contributed by atoms with Crippen LogP contribution < -0.4 is 5.32 Å². The van der Waals surface area contributed by atoms with Crippen LogP contribution in [0.2, 0.25) is 5.02 Å². The van der Waals surface area contributed by atoms with Gasteiger partial charge >= 0.3 is 0 Å². The Balaban J connectivity index is 1.71. The number of halogens is 1. The lowest BCUT2D eigenvalue weighted by molar-refractivity contribution is -0.133. The molecule has 1 saturated heterocycles. The second kappa shape index (κ2) is 8.40. The molecule has 2 rings (SSSR count). The minimum atomic E-state index is 0.243. The van der Waals surface area contributed by atoms with E-state index in [1.54, 1.807) is 0 Å². The molecule has 1 N–H and O–H groups in total. The minimum absolute atomic E-state index is 0.243. The summed E-state index contributed by atoms with van der Waals surface area (Å²) in [6, 6.07) is 8.32. The van der Waals surface area contributed by atoms with Gasteiger partial charge in [-0.3, -0.25) is 4.79 Å². The Hall–Kier alpha value is -1.06. The van der Waals surface area contributed by atoms with Gasteiger partial charge in [0.1, 0.15) is 0 Å². The summed E-state index contributed by atoms with van der Waals surface area (Å²) in [5, 5.41) is 4.03. The Labute approximate surface area is 132 Å². The number of nitrogens with one attached hydrogen (secondary N) is 1. The van der Waals surface area contributed by atoms with E-state index in [4.69, 9.17) is 11.6 Å². The normalized spacial score (nSPS) is 18.8. The molecular weight excluding hydrogens is 284 g/mol. The summed E-state index contributed by atoms with van der Waals surface area (Å²) >= 11 is 5.96. The zero-order valence-electron chi connectivity index (χ0n) is 12.8. The molecule has 1 atom stereocenters. The largest absolute Gasteiger partial charge is 0.339 e. The second-order valence-electron chi connectivity index (χ2n) is 5.70. The third kappa shape index (κ3) is 5.01. The lowest BCUT2D eigenvalue weighted by Crippen LogP contribution is -2.47. The average Bonchev–Trinajstić information content (AvgIpc) is 2.51. The highest BCUT2D eigenvalue weighted by molar-refractivity contribution is 6.30. The fourth-order valence-electron chi connectivity index (χ4n) is 2.98. The molecule has 1 aliphatic heterocycles. The summed E-state index contributed by atoms with van der Waals surface area (Å²) in [5.74, 6) is 0.243. The van der Waals surface area contributed by atoms with E-state index in [0.717, 1.165) is 43.8 Å². The van der Waals surface area contributed by atoms with Crippen molar-refractivity contribution < 1.29 is 4.79 Å². The van der Waals surface area contributed by atoms with Crippen LogP contribution in [0.4, 0.5) is 0 Å². The van der Waals surface area contributed by atoms with E-state index in [1.165, 1.54) is 12.0 Å². The van der Waals surface area contributed by atoms with Gasteiger partial charge in [-0.15, -0.1) is 0 Å². The Morgan fingerprint density at radius 3 is 3.05 bits per heavy atom. The van der Waals surface area contributed by atoms with Gasteiger partial charge < -0.3 is 10.2 Å². The summed E-state index contributed by atoms with van der Waals surface area (Å²) < 4.78 is 0. The molecular formula is C17H25ClN2O. The molecule has 21 heavy (non-hydrogen) atoms. The fourth-order valence-corrected chi connectivity index (χ4v) is 3.19. The zero-order chi connectivity index (χ0) is 15.1. The fraction of sp³-hybridized carbons (Fsp3) is 0.588. The number of nitrogens with zero attached hydrogens (tertiary/aromatic N) is 1. The van der Waals surface area contributed by atoms with Crippen LogP contribution in [0.25, 0.3) is 0 Å². The van der Waals surface area contributed by atoms with E-state index in [9.17, 15) is 4.79 Å². The van der Waals surface area contributed by atoms with Crippen molar-refractivity contribution in [2.24, 2.45) is 0 Å². The van der Waals surface area contributed by atoms with Gasteiger partial charge in [0.25, 0.3) is 0 Å². The van der Waals surface area contributed by atoms with E-state index in [2.05, 4.69) is 23.2 Å². The molecule has 1 heterocycles. The number of carbonyl (C=O) groups excluding carboxylic acids is 1. The SMILES string of the molecule is CCC1CCCCN1C(=O)CNCCc1cccc(Cl)c1. The van der Waals surface area contributed by atoms with Crippen LogP contribution in [0.3, 0.4) is 0 Å². The molecule has 0 radical (unpaired) electrons. The number of rotatable bonds is 6. The predicted octanol–water partition coefficient (Wildman–Crippen LogP) is 3.26. The highest BCUT2D eigenvalue weighted by Crippen LogP contribution is 2.19. The lowest BCUT2D eigenvalue weighted by atomic mass is 10.00. The Morgan fingerprint density at radius 2 is 2.29 bits per heavy atom. The lowest BCUT2D eigenvalue weighted by Gasteiger charge is -2.35. The number of likely N-dealkylation sites (tertiary alicyclic amines) is 1. The number of hydrogen-bond acceptors (Lipinski definition) is 2. The number of carbonyl (C=O) groups is 1. The van der Waals surface area contributed by atoms with Gasteiger partial charge in [-0.25, -0.2) is 0 Å². The Morgan fingerprint density at radius 1 is 1.43 bits per heavy atom. The van der Waals surface area contributed by atoms with Gasteiger partial charge in [0.15, 0.2) is 0 Å². The van der Waals surface area contributed by atoms with Crippen LogP contribution in [0.1, 0.15) is 38.2 Å². The number of amides is 1. The van der Waals surface area contributed by atoms with E-state index in [-0.39, 0.29) is 5.91 Å². The smallest absolute Gasteiger partial charge is 0.236 e. The van der Waals surface area contributed by atoms with Crippen LogP contribution >= 0.6 is 11.6 Å². The molecule has 3 nitrogen and oxygen atoms in total. The summed E-state index contributed by atoms with van der Waals surface area (Å²) in [6.45, 7) is 4.34. The first kappa shape index (κ1) is 16.3. The van der Waals surface area contributed by atoms with Gasteiger partial charge in [0.2, 0.25) is 5.91 Å². The molecule has 1 amide bonds. The average molecular weight is 309 g/mol. The molecule has 1 aromatic rings. The van der Waals surface area contributed by atoms with Gasteiger partial charge in [0, 0.05) is 17.6 Å². The maximum absolute atomic E-state index is 12.3. The first-order valence-electron chi connectivity index (χ1n) is 7.95. The van der Waals surface area contributed by atoms with Crippen LogP contribution in [0.15, 0.2) is 24.3 Å². The van der Waals surface area contributed by atoms with E-state index in [1.807, 2.05) is 18.2 Å². The summed E-state index contributed by atoms with van der Waals surface area (Å²) in [4.78, 5) is 14.3. The topological polar surface area (TPSA) is 32.3 Å². The molecule has 1 unspecified atom stereocenters. The number of hydrogen-bond donors (Lipinski definition) is 1. The number of benzene rings is 1. The molecule has 4 heteroatoms. The first-order chi connectivity index (χ1) is 10.2. The van der Waals surface area contributed by atoms with Crippen molar-refractivity contribution in [3.63, 3.8) is 0 Å². The summed E-state index contributed by atoms with van der Waals surface area (Å²) in [5.41, 5.74) is 1.20. The Kier molecular flexibility index (Phi) is 6.52. The second-order valence-corrected chi connectivity index (χ2v) is 6.14. The van der Waals surface area contributed by atoms with Gasteiger partial charge in [-0.1, -0.05) is 30.7 Å². The molecule has 0 aromatic heterocycles. The molecule has 1 aliphatic rings. The highest BCUT2D eigenvalue weighted by Gasteiger charge is 2.24. The molecule has 116 valence electrons. The molecule has 0 aliphatic carbocycles. The first-order valence-corrected chi connectivity index (χ1v) is 8.33. The molecule has 1 fully saturated rings. The highest BCUT2D eigenvalue weighted by atomic mass is 35.5. The van der Waals surface area contributed by atoms with Crippen molar-refractivity contribution in [2.45, 2.75) is 45.1 Å². The zero-order valence-corrected chi connectivity index (χ0v) is 13.5. The standard InChI is InChI=1S/C17H25ClN2O/c1-2-16-8-3-4-11-20(16)17(21)13-19-10-9-14-6-5-7-15(18)12-14/h5-7,12,16,19H,2-4,8-11,13H2,1H3. The van der Waals surface area contributed by atoms with Crippen molar-refractivity contribution >= 4 is 17.5 Å². The minimum Gasteiger partial charge on any atom is -0.339 e. The van der Waals surface area contributed by atoms with Crippen molar-refractivity contribution in [1.82, 2.24) is 10.2 Å².